The molecule has 4 rings (SSSR count). The number of piperidine rings is 1. The van der Waals surface area contributed by atoms with E-state index in [0.717, 1.165) is 43.6 Å². The molecule has 2 fully saturated rings. The fourth-order valence-electron chi connectivity index (χ4n) is 3.61. The summed E-state index contributed by atoms with van der Waals surface area (Å²) in [7, 11) is 0. The highest BCUT2D eigenvalue weighted by Gasteiger charge is 2.37. The molecule has 1 aliphatic heterocycles. The van der Waals surface area contributed by atoms with Crippen molar-refractivity contribution in [1.29, 1.82) is 0 Å². The minimum atomic E-state index is -0.776. The number of halogens is 2. The fraction of sp³-hybridized carbons (Fsp3) is 0.421. The lowest BCUT2D eigenvalue weighted by Gasteiger charge is -2.39. The van der Waals surface area contributed by atoms with Crippen molar-refractivity contribution in [2.45, 2.75) is 37.8 Å². The molecule has 0 spiro atoms. The molecule has 2 heterocycles. The molecule has 1 aromatic carbocycles. The molecule has 8 heteroatoms. The lowest BCUT2D eigenvalue weighted by molar-refractivity contribution is 0.193. The highest BCUT2D eigenvalue weighted by Crippen LogP contribution is 2.35. The first kappa shape index (κ1) is 17.6. The number of carbonyl (C=O) groups is 1. The first-order valence-corrected chi connectivity index (χ1v) is 9.18. The van der Waals surface area contributed by atoms with E-state index < -0.39 is 23.4 Å². The molecule has 1 saturated heterocycles. The van der Waals surface area contributed by atoms with Crippen LogP contribution in [0.25, 0.3) is 0 Å². The number of hydrogen-bond donors (Lipinski definition) is 1. The van der Waals surface area contributed by atoms with Gasteiger partial charge < -0.3 is 15.1 Å². The molecule has 2 aliphatic rings. The molecule has 0 radical (unpaired) electrons. The van der Waals surface area contributed by atoms with Crippen molar-refractivity contribution in [2.24, 2.45) is 0 Å². The molecule has 1 aliphatic carbocycles. The predicted molar refractivity (Wildman–Crippen MR) is 97.5 cm³/mol. The Morgan fingerprint density at radius 1 is 1.07 bits per heavy atom. The average Bonchev–Trinajstić information content (AvgIpc) is 3.51. The van der Waals surface area contributed by atoms with Crippen LogP contribution in [0.15, 0.2) is 36.8 Å². The van der Waals surface area contributed by atoms with Gasteiger partial charge in [0.05, 0.1) is 0 Å². The highest BCUT2D eigenvalue weighted by molar-refractivity contribution is 5.89. The number of nitrogens with one attached hydrogen (secondary N) is 1. The molecule has 6 nitrogen and oxygen atoms in total. The van der Waals surface area contributed by atoms with Crippen LogP contribution >= 0.6 is 0 Å². The minimum Gasteiger partial charge on any atom is -0.350 e. The van der Waals surface area contributed by atoms with E-state index in [1.807, 2.05) is 6.07 Å². The van der Waals surface area contributed by atoms with Gasteiger partial charge in [-0.1, -0.05) is 6.07 Å². The Bertz CT molecular complexity index is 787. The molecular formula is C19H21F2N5O. The summed E-state index contributed by atoms with van der Waals surface area (Å²) in [6.45, 7) is 1.06. The largest absolute Gasteiger partial charge is 0.350 e. The first-order valence-electron chi connectivity index (χ1n) is 9.18. The molecule has 27 heavy (non-hydrogen) atoms. The second-order valence-electron chi connectivity index (χ2n) is 6.95. The second kappa shape index (κ2) is 7.46. The molecule has 1 aromatic heterocycles. The molecule has 142 valence electrons. The minimum absolute atomic E-state index is 0.293. The SMILES string of the molecule is O=C(Nc1c(F)cccc1F)N1CCC(N(c2ccncn2)C2CC2)CC1. The van der Waals surface area contributed by atoms with Gasteiger partial charge in [0.1, 0.15) is 29.5 Å². The van der Waals surface area contributed by atoms with E-state index in [-0.39, 0.29) is 0 Å². The standard InChI is InChI=1S/C19H21F2N5O/c20-15-2-1-3-16(21)18(15)24-19(27)25-10-7-14(8-11-25)26(13-4-5-13)17-6-9-22-12-23-17/h1-3,6,9,12-14H,4-5,7-8,10-11H2,(H,24,27). The van der Waals surface area contributed by atoms with Gasteiger partial charge in [0, 0.05) is 31.4 Å². The number of anilines is 2. The van der Waals surface area contributed by atoms with Gasteiger partial charge in [-0.25, -0.2) is 23.5 Å². The molecule has 1 N–H and O–H groups in total. The van der Waals surface area contributed by atoms with Gasteiger partial charge in [0.25, 0.3) is 0 Å². The number of amides is 2. The van der Waals surface area contributed by atoms with E-state index in [1.54, 1.807) is 17.4 Å². The molecular weight excluding hydrogens is 352 g/mol. The maximum atomic E-state index is 13.7. The fourth-order valence-corrected chi connectivity index (χ4v) is 3.61. The molecule has 0 unspecified atom stereocenters. The van der Waals surface area contributed by atoms with E-state index in [1.165, 1.54) is 6.07 Å². The Morgan fingerprint density at radius 2 is 1.74 bits per heavy atom. The van der Waals surface area contributed by atoms with Crippen molar-refractivity contribution in [2.75, 3.05) is 23.3 Å². The zero-order chi connectivity index (χ0) is 18.8. The third kappa shape index (κ3) is 3.84. The van der Waals surface area contributed by atoms with Gasteiger partial charge in [0.2, 0.25) is 0 Å². The molecule has 2 aromatic rings. The number of likely N-dealkylation sites (tertiary alicyclic amines) is 1. The molecule has 2 amide bonds. The van der Waals surface area contributed by atoms with E-state index in [2.05, 4.69) is 20.2 Å². The van der Waals surface area contributed by atoms with Crippen LogP contribution in [0.2, 0.25) is 0 Å². The molecule has 1 saturated carbocycles. The topological polar surface area (TPSA) is 61.4 Å². The number of hydrogen-bond acceptors (Lipinski definition) is 4. The lowest BCUT2D eigenvalue weighted by Crippen LogP contribution is -2.49. The van der Waals surface area contributed by atoms with Crippen LogP contribution < -0.4 is 10.2 Å². The predicted octanol–water partition coefficient (Wildman–Crippen LogP) is 3.42. The number of nitrogens with zero attached hydrogens (tertiary/aromatic N) is 4. The summed E-state index contributed by atoms with van der Waals surface area (Å²) in [5, 5.41) is 2.36. The van der Waals surface area contributed by atoms with E-state index in [4.69, 9.17) is 0 Å². The monoisotopic (exact) mass is 373 g/mol. The third-order valence-corrected chi connectivity index (χ3v) is 5.11. The second-order valence-corrected chi connectivity index (χ2v) is 6.95. The van der Waals surface area contributed by atoms with Gasteiger partial charge in [0.15, 0.2) is 0 Å². The van der Waals surface area contributed by atoms with E-state index >= 15 is 0 Å². The van der Waals surface area contributed by atoms with Crippen LogP contribution in [0.1, 0.15) is 25.7 Å². The number of para-hydroxylation sites is 1. The Labute approximate surface area is 156 Å². The summed E-state index contributed by atoms with van der Waals surface area (Å²) in [4.78, 5) is 24.7. The van der Waals surface area contributed by atoms with Crippen LogP contribution in [0, 0.1) is 11.6 Å². The highest BCUT2D eigenvalue weighted by atomic mass is 19.1. The van der Waals surface area contributed by atoms with Crippen molar-refractivity contribution in [3.63, 3.8) is 0 Å². The van der Waals surface area contributed by atoms with Gasteiger partial charge in [-0.2, -0.15) is 0 Å². The van der Waals surface area contributed by atoms with Crippen molar-refractivity contribution < 1.29 is 13.6 Å². The zero-order valence-corrected chi connectivity index (χ0v) is 14.8. The molecule has 0 atom stereocenters. The van der Waals surface area contributed by atoms with Gasteiger partial charge in [-0.15, -0.1) is 0 Å². The summed E-state index contributed by atoms with van der Waals surface area (Å²) in [6.07, 6.45) is 7.16. The van der Waals surface area contributed by atoms with Gasteiger partial charge >= 0.3 is 6.03 Å². The first-order chi connectivity index (χ1) is 13.1. The quantitative estimate of drug-likeness (QED) is 0.892. The van der Waals surface area contributed by atoms with Crippen LogP contribution in [0.3, 0.4) is 0 Å². The smallest absolute Gasteiger partial charge is 0.322 e. The van der Waals surface area contributed by atoms with Gasteiger partial charge in [-0.3, -0.25) is 0 Å². The summed E-state index contributed by atoms with van der Waals surface area (Å²) < 4.78 is 27.5. The summed E-state index contributed by atoms with van der Waals surface area (Å²) in [6, 6.07) is 5.75. The number of benzene rings is 1. The number of rotatable bonds is 4. The molecule has 0 bridgehead atoms. The Kier molecular flexibility index (Phi) is 4.87. The Hall–Kier alpha value is -2.77. The van der Waals surface area contributed by atoms with Crippen LogP contribution in [0.5, 0.6) is 0 Å². The van der Waals surface area contributed by atoms with Gasteiger partial charge in [-0.05, 0) is 43.9 Å². The third-order valence-electron chi connectivity index (χ3n) is 5.11. The maximum Gasteiger partial charge on any atom is 0.322 e. The normalized spacial score (nSPS) is 17.6. The lowest BCUT2D eigenvalue weighted by atomic mass is 10.0. The van der Waals surface area contributed by atoms with Crippen LogP contribution in [-0.2, 0) is 0 Å². The van der Waals surface area contributed by atoms with E-state index in [9.17, 15) is 13.6 Å². The summed E-state index contributed by atoms with van der Waals surface area (Å²) in [5.41, 5.74) is -0.398. The number of aromatic nitrogens is 2. The maximum absolute atomic E-state index is 13.7. The zero-order valence-electron chi connectivity index (χ0n) is 14.8. The van der Waals surface area contributed by atoms with Crippen molar-refractivity contribution in [3.05, 3.63) is 48.4 Å². The number of carbonyl (C=O) groups excluding carboxylic acids is 1. The van der Waals surface area contributed by atoms with Crippen LogP contribution in [0.4, 0.5) is 25.1 Å². The van der Waals surface area contributed by atoms with Crippen LogP contribution in [-0.4, -0.2) is 46.1 Å². The van der Waals surface area contributed by atoms with Crippen molar-refractivity contribution in [1.82, 2.24) is 14.9 Å². The summed E-state index contributed by atoms with van der Waals surface area (Å²) in [5.74, 6) is -0.632. The Morgan fingerprint density at radius 3 is 2.33 bits per heavy atom. The van der Waals surface area contributed by atoms with E-state index in [0.29, 0.717) is 25.2 Å². The Balaban J connectivity index is 1.39. The van der Waals surface area contributed by atoms with Crippen molar-refractivity contribution >= 4 is 17.5 Å². The van der Waals surface area contributed by atoms with Crippen molar-refractivity contribution in [3.8, 4) is 0 Å². The summed E-state index contributed by atoms with van der Waals surface area (Å²) >= 11 is 0. The number of urea groups is 1. The average molecular weight is 373 g/mol.